The van der Waals surface area contributed by atoms with Crippen molar-refractivity contribution in [3.05, 3.63) is 17.0 Å². The molecule has 0 aliphatic rings. The number of hydrogen-bond acceptors (Lipinski definition) is 4. The van der Waals surface area contributed by atoms with Gasteiger partial charge in [0, 0.05) is 12.1 Å². The first-order chi connectivity index (χ1) is 5.25. The van der Waals surface area contributed by atoms with E-state index in [2.05, 4.69) is 10.5 Å². The van der Waals surface area contributed by atoms with Gasteiger partial charge in [0.25, 0.3) is 0 Å². The molecule has 0 saturated carbocycles. The molecule has 7 heteroatoms. The average Bonchev–Trinajstić information content (AvgIpc) is 2.29. The van der Waals surface area contributed by atoms with Gasteiger partial charge in [0.2, 0.25) is 0 Å². The second kappa shape index (κ2) is 2.78. The molecule has 0 fully saturated rings. The summed E-state index contributed by atoms with van der Waals surface area (Å²) in [6.45, 7) is 0. The number of hydrogen-bond donors (Lipinski definition) is 3. The zero-order valence-corrected chi connectivity index (χ0v) is 5.30. The summed E-state index contributed by atoms with van der Waals surface area (Å²) in [6.07, 6.45) is 0. The van der Waals surface area contributed by atoms with Crippen LogP contribution in [0.4, 0.5) is 0 Å². The van der Waals surface area contributed by atoms with Crippen molar-refractivity contribution in [2.24, 2.45) is 10.5 Å². The molecule has 11 heavy (non-hydrogen) atoms. The summed E-state index contributed by atoms with van der Waals surface area (Å²) in [5.41, 5.74) is 0. The third-order valence-electron chi connectivity index (χ3n) is 1.00. The maximum Gasteiger partial charge on any atom is 0.311 e. The molecule has 0 spiro atoms. The summed E-state index contributed by atoms with van der Waals surface area (Å²) in [5.74, 6) is -0.586. The van der Waals surface area contributed by atoms with Crippen molar-refractivity contribution in [3.63, 3.8) is 0 Å². The lowest BCUT2D eigenvalue weighted by Crippen LogP contribution is -2.57. The third kappa shape index (κ3) is 1.31. The molecule has 0 aromatic carbocycles. The Bertz CT molecular complexity index is 272. The second-order valence-electron chi connectivity index (χ2n) is 1.65. The number of rotatable bonds is 2. The topological polar surface area (TPSA) is 101 Å². The molecule has 1 aromatic rings. The highest BCUT2D eigenvalue weighted by Gasteiger charge is 2.11. The average molecular weight is 157 g/mol. The van der Waals surface area contributed by atoms with Crippen molar-refractivity contribution in [1.82, 2.24) is 4.68 Å². The van der Waals surface area contributed by atoms with Crippen LogP contribution in [-0.4, -0.2) is 14.9 Å². The molecular weight excluding hydrogens is 152 g/mol. The van der Waals surface area contributed by atoms with Gasteiger partial charge in [-0.1, -0.05) is 0 Å². The highest BCUT2D eigenvalue weighted by atomic mass is 16.3. The normalized spacial score (nSPS) is 10.5. The number of aromatic nitrogens is 1. The van der Waals surface area contributed by atoms with Crippen LogP contribution in [0, 0.1) is 4.91 Å². The summed E-state index contributed by atoms with van der Waals surface area (Å²) >= 11 is 0. The zero-order valence-electron chi connectivity index (χ0n) is 5.30. The van der Waals surface area contributed by atoms with E-state index in [-0.39, 0.29) is 11.8 Å². The van der Waals surface area contributed by atoms with Gasteiger partial charge in [-0.2, -0.15) is 0 Å². The van der Waals surface area contributed by atoms with Crippen LogP contribution in [0.25, 0.3) is 0 Å². The molecule has 7 nitrogen and oxygen atoms in total. The first-order valence-corrected chi connectivity index (χ1v) is 2.63. The van der Waals surface area contributed by atoms with Gasteiger partial charge >= 0.3 is 11.8 Å². The Morgan fingerprint density at radius 3 is 2.36 bits per heavy atom. The molecule has 0 aliphatic carbocycles. The SMILES string of the molecule is O=N[NH+]=Nn1c(O)ccc1O. The van der Waals surface area contributed by atoms with Crippen LogP contribution in [0.15, 0.2) is 22.6 Å². The van der Waals surface area contributed by atoms with Crippen molar-refractivity contribution in [2.45, 2.75) is 0 Å². The minimum atomic E-state index is -0.293. The highest BCUT2D eigenvalue weighted by Crippen LogP contribution is 2.18. The predicted octanol–water partition coefficient (Wildman–Crippen LogP) is -1.12. The van der Waals surface area contributed by atoms with E-state index >= 15 is 0 Å². The fourth-order valence-electron chi connectivity index (χ4n) is 0.573. The Kier molecular flexibility index (Phi) is 1.81. The van der Waals surface area contributed by atoms with Gasteiger partial charge < -0.3 is 10.2 Å². The molecule has 1 heterocycles. The van der Waals surface area contributed by atoms with Crippen molar-refractivity contribution < 1.29 is 15.4 Å². The quantitative estimate of drug-likeness (QED) is 0.288. The summed E-state index contributed by atoms with van der Waals surface area (Å²) in [7, 11) is 0. The van der Waals surface area contributed by atoms with E-state index in [1.54, 1.807) is 5.22 Å². The van der Waals surface area contributed by atoms with Gasteiger partial charge in [-0.15, -0.1) is 4.91 Å². The van der Waals surface area contributed by atoms with Crippen molar-refractivity contribution in [1.29, 1.82) is 0 Å². The third-order valence-corrected chi connectivity index (χ3v) is 1.00. The number of nitroso groups, excluding NO2 is 1. The predicted molar refractivity (Wildman–Crippen MR) is 32.3 cm³/mol. The maximum absolute atomic E-state index is 9.49. The van der Waals surface area contributed by atoms with Crippen LogP contribution in [0.1, 0.15) is 0 Å². The summed E-state index contributed by atoms with van der Waals surface area (Å²) in [4.78, 5) is 9.49. The minimum Gasteiger partial charge on any atom is -0.476 e. The highest BCUT2D eigenvalue weighted by molar-refractivity contribution is 5.22. The molecule has 0 atom stereocenters. The van der Waals surface area contributed by atoms with Crippen LogP contribution in [-0.2, 0) is 0 Å². The Balaban J connectivity index is 3.00. The van der Waals surface area contributed by atoms with Crippen LogP contribution >= 0.6 is 0 Å². The molecule has 0 radical (unpaired) electrons. The molecule has 0 aliphatic heterocycles. The Morgan fingerprint density at radius 2 is 1.91 bits per heavy atom. The van der Waals surface area contributed by atoms with Crippen LogP contribution in [0.5, 0.6) is 11.8 Å². The standard InChI is InChI=1S/C4H4N4O3/c9-3-1-2-4(10)8(3)6-5-7-11/h1-2,9-10H/p+1. The van der Waals surface area contributed by atoms with E-state index in [1.807, 2.05) is 0 Å². The largest absolute Gasteiger partial charge is 0.476 e. The Labute approximate surface area is 60.5 Å². The number of aromatic hydroxyl groups is 2. The molecule has 1 rings (SSSR count). The number of nitrogens with zero attached hydrogens (tertiary/aromatic N) is 3. The van der Waals surface area contributed by atoms with Crippen molar-refractivity contribution >= 4 is 0 Å². The van der Waals surface area contributed by atoms with Gasteiger partial charge in [0.1, 0.15) is 5.22 Å². The van der Waals surface area contributed by atoms with E-state index < -0.39 is 0 Å². The minimum absolute atomic E-state index is 0.293. The van der Waals surface area contributed by atoms with Gasteiger partial charge in [0.15, 0.2) is 5.29 Å². The monoisotopic (exact) mass is 157 g/mol. The second-order valence-corrected chi connectivity index (χ2v) is 1.65. The lowest BCUT2D eigenvalue weighted by atomic mass is 10.6. The molecule has 1 aromatic heterocycles. The van der Waals surface area contributed by atoms with E-state index in [9.17, 15) is 4.91 Å². The molecule has 0 unspecified atom stereocenters. The van der Waals surface area contributed by atoms with Crippen LogP contribution in [0.3, 0.4) is 0 Å². The van der Waals surface area contributed by atoms with Gasteiger partial charge in [-0.05, 0) is 9.90 Å². The van der Waals surface area contributed by atoms with E-state index in [0.717, 1.165) is 0 Å². The van der Waals surface area contributed by atoms with Crippen LogP contribution < -0.4 is 5.22 Å². The Hall–Kier alpha value is -1.92. The van der Waals surface area contributed by atoms with Gasteiger partial charge in [-0.25, -0.2) is 0 Å². The van der Waals surface area contributed by atoms with E-state index in [1.165, 1.54) is 12.1 Å². The van der Waals surface area contributed by atoms with Crippen molar-refractivity contribution in [3.8, 4) is 11.8 Å². The van der Waals surface area contributed by atoms with Gasteiger partial charge in [-0.3, -0.25) is 0 Å². The molecule has 3 N–H and O–H groups in total. The first-order valence-electron chi connectivity index (χ1n) is 2.63. The van der Waals surface area contributed by atoms with Crippen molar-refractivity contribution in [2.75, 3.05) is 0 Å². The fraction of sp³-hybridized carbons (Fsp3) is 0. The molecule has 0 amide bonds. The van der Waals surface area contributed by atoms with Gasteiger partial charge in [0.05, 0.1) is 0 Å². The lowest BCUT2D eigenvalue weighted by molar-refractivity contribution is -0.547. The molecule has 58 valence electrons. The lowest BCUT2D eigenvalue weighted by Gasteiger charge is -1.83. The van der Waals surface area contributed by atoms with E-state index in [4.69, 9.17) is 10.2 Å². The Morgan fingerprint density at radius 1 is 1.36 bits per heavy atom. The summed E-state index contributed by atoms with van der Waals surface area (Å²) in [5, 5.41) is 24.8. The van der Waals surface area contributed by atoms with Crippen LogP contribution in [0.2, 0.25) is 0 Å². The molecule has 0 bridgehead atoms. The smallest absolute Gasteiger partial charge is 0.311 e. The van der Waals surface area contributed by atoms with E-state index in [0.29, 0.717) is 4.68 Å². The zero-order chi connectivity index (χ0) is 8.27. The summed E-state index contributed by atoms with van der Waals surface area (Å²) < 4.78 is 0.710. The molecule has 0 saturated heterocycles. The maximum atomic E-state index is 9.49. The molecular formula is C4H5N4O3+. The fourth-order valence-corrected chi connectivity index (χ4v) is 0.573. The first kappa shape index (κ1) is 7.19. The number of nitrogens with one attached hydrogen (secondary N) is 1. The summed E-state index contributed by atoms with van der Waals surface area (Å²) in [6, 6.07) is 2.43.